The number of anilines is 2. The summed E-state index contributed by atoms with van der Waals surface area (Å²) in [5.41, 5.74) is 2.92. The molecular formula is C21H22ClN5O3S2. The number of para-hydroxylation sites is 1. The molecule has 2 N–H and O–H groups in total. The lowest BCUT2D eigenvalue weighted by molar-refractivity contribution is 0.102. The first-order valence-corrected chi connectivity index (χ1v) is 12.8. The maximum atomic E-state index is 12.6. The van der Waals surface area contributed by atoms with Gasteiger partial charge in [0.15, 0.2) is 0 Å². The van der Waals surface area contributed by atoms with E-state index in [4.69, 9.17) is 11.6 Å². The van der Waals surface area contributed by atoms with Crippen molar-refractivity contribution in [2.24, 2.45) is 0 Å². The first-order valence-electron chi connectivity index (χ1n) is 10.1. The van der Waals surface area contributed by atoms with Gasteiger partial charge in [-0.25, -0.2) is 13.1 Å². The van der Waals surface area contributed by atoms with Gasteiger partial charge in [-0.05, 0) is 55.7 Å². The summed E-state index contributed by atoms with van der Waals surface area (Å²) in [6.07, 6.45) is 1.65. The van der Waals surface area contributed by atoms with Crippen molar-refractivity contribution >= 4 is 49.7 Å². The summed E-state index contributed by atoms with van der Waals surface area (Å²) < 4.78 is 27.5. The third-order valence-corrected chi connectivity index (χ3v) is 8.10. The van der Waals surface area contributed by atoms with Gasteiger partial charge < -0.3 is 4.90 Å². The number of fused-ring (bicyclic) bond motifs is 1. The number of halogens is 1. The molecule has 0 bridgehead atoms. The number of aromatic nitrogens is 2. The number of hydrogen-bond donors (Lipinski definition) is 2. The molecule has 1 aliphatic rings. The maximum absolute atomic E-state index is 12.6. The normalized spacial score (nSPS) is 15.6. The van der Waals surface area contributed by atoms with Gasteiger partial charge in [0, 0.05) is 35.4 Å². The average molecular weight is 492 g/mol. The lowest BCUT2D eigenvalue weighted by atomic mass is 10.1. The molecule has 0 unspecified atom stereocenters. The minimum atomic E-state index is -3.81. The fourth-order valence-electron chi connectivity index (χ4n) is 3.63. The Balaban J connectivity index is 1.30. The largest absolute Gasteiger partial charge is 0.368 e. The SMILES string of the molecule is C[C@@H]1Cc2ccccc2N1CCCNS(=O)(=O)c1nnc(NC(=O)c2ccc(Cl)cc2)s1. The Bertz CT molecular complexity index is 1210. The number of nitrogens with zero attached hydrogens (tertiary/aromatic N) is 3. The predicted molar refractivity (Wildman–Crippen MR) is 126 cm³/mol. The van der Waals surface area contributed by atoms with Crippen molar-refractivity contribution in [1.82, 2.24) is 14.9 Å². The molecule has 32 heavy (non-hydrogen) atoms. The van der Waals surface area contributed by atoms with Crippen LogP contribution in [0.15, 0.2) is 52.9 Å². The lowest BCUT2D eigenvalue weighted by Gasteiger charge is -2.24. The quantitative estimate of drug-likeness (QED) is 0.369. The molecule has 0 fully saturated rings. The maximum Gasteiger partial charge on any atom is 0.269 e. The topological polar surface area (TPSA) is 104 Å². The van der Waals surface area contributed by atoms with E-state index in [0.717, 1.165) is 24.3 Å². The van der Waals surface area contributed by atoms with Crippen LogP contribution in [-0.2, 0) is 16.4 Å². The van der Waals surface area contributed by atoms with E-state index in [0.29, 0.717) is 23.0 Å². The number of nitrogens with one attached hydrogen (secondary N) is 2. The number of sulfonamides is 1. The molecular weight excluding hydrogens is 470 g/mol. The van der Waals surface area contributed by atoms with E-state index in [1.54, 1.807) is 24.3 Å². The highest BCUT2D eigenvalue weighted by atomic mass is 35.5. The smallest absolute Gasteiger partial charge is 0.269 e. The van der Waals surface area contributed by atoms with Crippen molar-refractivity contribution in [1.29, 1.82) is 0 Å². The Hall–Kier alpha value is -2.53. The van der Waals surface area contributed by atoms with Gasteiger partial charge in [0.2, 0.25) is 9.47 Å². The third kappa shape index (κ3) is 5.09. The minimum absolute atomic E-state index is 0.104. The second-order valence-corrected chi connectivity index (χ2v) is 10.8. The van der Waals surface area contributed by atoms with Crippen LogP contribution in [-0.4, -0.2) is 43.7 Å². The van der Waals surface area contributed by atoms with Crippen molar-refractivity contribution in [3.8, 4) is 0 Å². The van der Waals surface area contributed by atoms with E-state index >= 15 is 0 Å². The molecule has 11 heteroatoms. The molecule has 0 aliphatic carbocycles. The van der Waals surface area contributed by atoms with E-state index < -0.39 is 15.9 Å². The molecule has 0 radical (unpaired) electrons. The van der Waals surface area contributed by atoms with Gasteiger partial charge in [0.05, 0.1) is 0 Å². The van der Waals surface area contributed by atoms with Crippen LogP contribution in [0.3, 0.4) is 0 Å². The molecule has 2 aromatic carbocycles. The van der Waals surface area contributed by atoms with Gasteiger partial charge in [0.1, 0.15) is 0 Å². The van der Waals surface area contributed by atoms with Crippen molar-refractivity contribution in [3.63, 3.8) is 0 Å². The van der Waals surface area contributed by atoms with Gasteiger partial charge in [-0.15, -0.1) is 10.2 Å². The molecule has 1 atom stereocenters. The van der Waals surface area contributed by atoms with Crippen LogP contribution < -0.4 is 14.9 Å². The molecule has 1 aromatic heterocycles. The van der Waals surface area contributed by atoms with E-state index in [-0.39, 0.29) is 16.0 Å². The van der Waals surface area contributed by atoms with Crippen LogP contribution in [0.25, 0.3) is 0 Å². The van der Waals surface area contributed by atoms with E-state index in [9.17, 15) is 13.2 Å². The summed E-state index contributed by atoms with van der Waals surface area (Å²) in [5.74, 6) is -0.422. The van der Waals surface area contributed by atoms with E-state index in [2.05, 4.69) is 44.2 Å². The van der Waals surface area contributed by atoms with Gasteiger partial charge in [-0.3, -0.25) is 10.1 Å². The predicted octanol–water partition coefficient (Wildman–Crippen LogP) is 3.56. The Labute approximate surface area is 195 Å². The summed E-state index contributed by atoms with van der Waals surface area (Å²) in [5, 5.41) is 10.7. The number of rotatable bonds is 8. The van der Waals surface area contributed by atoms with Crippen LogP contribution in [0.1, 0.15) is 29.3 Å². The summed E-state index contributed by atoms with van der Waals surface area (Å²) in [7, 11) is -3.81. The first-order chi connectivity index (χ1) is 15.3. The standard InChI is InChI=1S/C21H22ClN5O3S2/c1-14-13-16-5-2-3-6-18(16)27(14)12-4-11-23-32(29,30)21-26-25-20(31-21)24-19(28)15-7-9-17(22)10-8-15/h2-3,5-10,14,23H,4,11-13H2,1H3,(H,24,25,28)/t14-/m1/s1. The molecule has 168 valence electrons. The van der Waals surface area contributed by atoms with E-state index in [1.165, 1.54) is 11.3 Å². The molecule has 0 saturated carbocycles. The highest BCUT2D eigenvalue weighted by Crippen LogP contribution is 2.31. The molecule has 4 rings (SSSR count). The first kappa shape index (κ1) is 22.7. The average Bonchev–Trinajstić information content (AvgIpc) is 3.36. The van der Waals surface area contributed by atoms with Crippen molar-refractivity contribution < 1.29 is 13.2 Å². The van der Waals surface area contributed by atoms with Crippen LogP contribution in [0.2, 0.25) is 5.02 Å². The van der Waals surface area contributed by atoms with Crippen molar-refractivity contribution in [3.05, 3.63) is 64.7 Å². The highest BCUT2D eigenvalue weighted by Gasteiger charge is 2.25. The monoisotopic (exact) mass is 491 g/mol. The Morgan fingerprint density at radius 1 is 1.19 bits per heavy atom. The number of benzene rings is 2. The number of carbonyl (C=O) groups is 1. The Morgan fingerprint density at radius 3 is 2.72 bits per heavy atom. The zero-order valence-corrected chi connectivity index (χ0v) is 19.7. The molecule has 0 saturated heterocycles. The summed E-state index contributed by atoms with van der Waals surface area (Å²) in [6, 6.07) is 15.0. The molecule has 0 spiro atoms. The molecule has 1 amide bonds. The third-order valence-electron chi connectivity index (χ3n) is 5.18. The van der Waals surface area contributed by atoms with E-state index in [1.807, 2.05) is 12.1 Å². The van der Waals surface area contributed by atoms with Gasteiger partial charge in [-0.2, -0.15) is 0 Å². The lowest BCUT2D eigenvalue weighted by Crippen LogP contribution is -2.33. The van der Waals surface area contributed by atoms with Crippen LogP contribution in [0, 0.1) is 0 Å². The molecule has 2 heterocycles. The zero-order chi connectivity index (χ0) is 22.7. The minimum Gasteiger partial charge on any atom is -0.368 e. The van der Waals surface area contributed by atoms with Gasteiger partial charge in [-0.1, -0.05) is 41.1 Å². The number of hydrogen-bond acceptors (Lipinski definition) is 7. The molecule has 3 aromatic rings. The fourth-order valence-corrected chi connectivity index (χ4v) is 5.76. The van der Waals surface area contributed by atoms with Crippen LogP contribution in [0.5, 0.6) is 0 Å². The number of carbonyl (C=O) groups excluding carboxylic acids is 1. The summed E-state index contributed by atoms with van der Waals surface area (Å²) >= 11 is 6.62. The summed E-state index contributed by atoms with van der Waals surface area (Å²) in [6.45, 7) is 3.20. The molecule has 1 aliphatic heterocycles. The molecule has 8 nitrogen and oxygen atoms in total. The van der Waals surface area contributed by atoms with Crippen LogP contribution >= 0.6 is 22.9 Å². The van der Waals surface area contributed by atoms with Crippen LogP contribution in [0.4, 0.5) is 10.8 Å². The second-order valence-electron chi connectivity index (χ2n) is 7.46. The zero-order valence-electron chi connectivity index (χ0n) is 17.3. The van der Waals surface area contributed by atoms with Crippen molar-refractivity contribution in [2.45, 2.75) is 30.1 Å². The summed E-state index contributed by atoms with van der Waals surface area (Å²) in [4.78, 5) is 14.6. The fraction of sp³-hybridized carbons (Fsp3) is 0.286. The van der Waals surface area contributed by atoms with Crippen molar-refractivity contribution in [2.75, 3.05) is 23.3 Å². The van der Waals surface area contributed by atoms with Gasteiger partial charge >= 0.3 is 0 Å². The van der Waals surface area contributed by atoms with Gasteiger partial charge in [0.25, 0.3) is 15.9 Å². The highest BCUT2D eigenvalue weighted by molar-refractivity contribution is 7.91. The number of amides is 1. The Morgan fingerprint density at radius 2 is 1.94 bits per heavy atom. The second kappa shape index (κ2) is 9.53. The Kier molecular flexibility index (Phi) is 6.75.